The molecule has 0 N–H and O–H groups in total. The molecule has 0 atom stereocenters. The molecule has 0 bridgehead atoms. The van der Waals surface area contributed by atoms with Gasteiger partial charge in [-0.3, -0.25) is 9.59 Å². The van der Waals surface area contributed by atoms with E-state index in [4.69, 9.17) is 0 Å². The molecule has 2 aromatic carbocycles. The van der Waals surface area contributed by atoms with E-state index in [2.05, 4.69) is 36.4 Å². The SMILES string of the molecule is N#CC(C#N)=C1/C(=C/C2=Cc3sc4c(sc5c6c(sc54)C=C(/C=C4/C(=O)c5ccccc5C4=C(C#N)C#N)C64CCCCC4)c3C23CCCCC3)C(=O)c2ccccc21. The number of thiophene rings is 3. The van der Waals surface area contributed by atoms with Crippen LogP contribution < -0.4 is 0 Å². The van der Waals surface area contributed by atoms with Gasteiger partial charge in [0.25, 0.3) is 0 Å². The van der Waals surface area contributed by atoms with Crippen molar-refractivity contribution in [1.29, 1.82) is 21.0 Å². The molecule has 6 aliphatic carbocycles. The van der Waals surface area contributed by atoms with Crippen LogP contribution in [0, 0.1) is 45.3 Å². The predicted octanol–water partition coefficient (Wildman–Crippen LogP) is 12.6. The first-order valence-electron chi connectivity index (χ1n) is 20.2. The number of hydrogen-bond donors (Lipinski definition) is 0. The van der Waals surface area contributed by atoms with Crippen molar-refractivity contribution in [1.82, 2.24) is 0 Å². The summed E-state index contributed by atoms with van der Waals surface area (Å²) in [5.74, 6) is -0.284. The molecule has 0 amide bonds. The molecule has 5 aromatic rings. The Hall–Kier alpha value is -6.20. The maximum atomic E-state index is 14.1. The van der Waals surface area contributed by atoms with Gasteiger partial charge in [-0.25, -0.2) is 0 Å². The fourth-order valence-electron chi connectivity index (χ4n) is 11.2. The molecule has 0 radical (unpaired) electrons. The van der Waals surface area contributed by atoms with Gasteiger partial charge in [0.2, 0.25) is 0 Å². The number of carbonyl (C=O) groups is 2. The van der Waals surface area contributed by atoms with Gasteiger partial charge in [-0.1, -0.05) is 87.1 Å². The molecule has 282 valence electrons. The zero-order valence-electron chi connectivity index (χ0n) is 31.8. The third kappa shape index (κ3) is 4.79. The van der Waals surface area contributed by atoms with Crippen molar-refractivity contribution in [2.24, 2.45) is 0 Å². The average Bonchev–Trinajstić information content (AvgIpc) is 4.11. The Morgan fingerprint density at radius 3 is 1.25 bits per heavy atom. The highest BCUT2D eigenvalue weighted by molar-refractivity contribution is 7.39. The van der Waals surface area contributed by atoms with E-state index >= 15 is 0 Å². The molecule has 3 heterocycles. The number of fused-ring (bicyclic) bond motifs is 11. The molecule has 0 unspecified atom stereocenters. The number of nitriles is 4. The van der Waals surface area contributed by atoms with Crippen LogP contribution >= 0.6 is 34.0 Å². The van der Waals surface area contributed by atoms with Crippen LogP contribution in [-0.4, -0.2) is 11.6 Å². The fourth-order valence-corrected chi connectivity index (χ4v) is 16.0. The quantitative estimate of drug-likeness (QED) is 0.129. The van der Waals surface area contributed by atoms with Gasteiger partial charge >= 0.3 is 0 Å². The van der Waals surface area contributed by atoms with Crippen LogP contribution in [0.25, 0.3) is 42.1 Å². The first-order chi connectivity index (χ1) is 28.9. The van der Waals surface area contributed by atoms with Gasteiger partial charge in [0, 0.05) is 54.0 Å². The Morgan fingerprint density at radius 2 is 0.881 bits per heavy atom. The minimum atomic E-state index is -0.273. The second-order valence-corrected chi connectivity index (χ2v) is 19.5. The summed E-state index contributed by atoms with van der Waals surface area (Å²) in [4.78, 5) is 30.6. The number of Topliss-reactive ketones (excluding diaryl/α,β-unsaturated/α-hetero) is 2. The molecule has 2 spiro atoms. The summed E-state index contributed by atoms with van der Waals surface area (Å²) >= 11 is 5.60. The Labute approximate surface area is 352 Å². The monoisotopic (exact) mass is 816 g/mol. The third-order valence-corrected chi connectivity index (χ3v) is 17.6. The number of hydrogen-bond acceptors (Lipinski definition) is 9. The van der Waals surface area contributed by atoms with Crippen LogP contribution in [0.2, 0.25) is 0 Å². The summed E-state index contributed by atoms with van der Waals surface area (Å²) in [6.45, 7) is 0. The second-order valence-electron chi connectivity index (χ2n) is 16.4. The highest BCUT2D eigenvalue weighted by atomic mass is 32.1. The first kappa shape index (κ1) is 35.9. The summed E-state index contributed by atoms with van der Waals surface area (Å²) in [5.41, 5.74) is 8.41. The lowest BCUT2D eigenvalue weighted by atomic mass is 9.67. The van der Waals surface area contributed by atoms with Gasteiger partial charge in [0.1, 0.15) is 35.4 Å². The smallest absolute Gasteiger partial charge is 0.194 e. The van der Waals surface area contributed by atoms with Crippen molar-refractivity contribution in [3.05, 3.63) is 137 Å². The maximum absolute atomic E-state index is 14.1. The third-order valence-electron chi connectivity index (χ3n) is 13.7. The van der Waals surface area contributed by atoms with Crippen LogP contribution in [0.3, 0.4) is 0 Å². The van der Waals surface area contributed by atoms with E-state index in [0.29, 0.717) is 44.5 Å². The van der Waals surface area contributed by atoms with E-state index in [1.165, 1.54) is 39.7 Å². The molecule has 2 fully saturated rings. The number of benzene rings is 2. The molecule has 2 saturated carbocycles. The molecular weight excluding hydrogens is 785 g/mol. The van der Waals surface area contributed by atoms with Crippen molar-refractivity contribution in [2.45, 2.75) is 75.0 Å². The van der Waals surface area contributed by atoms with E-state index in [-0.39, 0.29) is 33.5 Å². The van der Waals surface area contributed by atoms with Gasteiger partial charge in [0.05, 0.1) is 18.8 Å². The normalized spacial score (nSPS) is 20.7. The summed E-state index contributed by atoms with van der Waals surface area (Å²) < 4.78 is 5.29. The van der Waals surface area contributed by atoms with Crippen molar-refractivity contribution >= 4 is 87.7 Å². The Kier molecular flexibility index (Phi) is 8.01. The van der Waals surface area contributed by atoms with Crippen LogP contribution in [0.1, 0.15) is 117 Å². The highest BCUT2D eigenvalue weighted by Crippen LogP contribution is 2.64. The lowest BCUT2D eigenvalue weighted by molar-refractivity contribution is 0.103. The molecular formula is C50H32N4O2S3. The van der Waals surface area contributed by atoms with Crippen LogP contribution in [-0.2, 0) is 10.8 Å². The molecule has 3 aromatic heterocycles. The molecule has 6 nitrogen and oxygen atoms in total. The maximum Gasteiger partial charge on any atom is 0.194 e. The highest BCUT2D eigenvalue weighted by Gasteiger charge is 2.49. The van der Waals surface area contributed by atoms with Crippen molar-refractivity contribution in [3.8, 4) is 24.3 Å². The fraction of sp³-hybridized carbons (Fsp3) is 0.240. The topological polar surface area (TPSA) is 129 Å². The summed E-state index contributed by atoms with van der Waals surface area (Å²) in [6, 6.07) is 22.9. The largest absolute Gasteiger partial charge is 0.289 e. The summed E-state index contributed by atoms with van der Waals surface area (Å²) in [6.07, 6.45) is 19.1. The second kappa shape index (κ2) is 13.2. The number of ketones is 2. The lowest BCUT2D eigenvalue weighted by Crippen LogP contribution is -2.29. The van der Waals surface area contributed by atoms with Gasteiger partial charge < -0.3 is 0 Å². The van der Waals surface area contributed by atoms with Crippen molar-refractivity contribution < 1.29 is 9.59 Å². The number of nitrogens with zero attached hydrogens (tertiary/aromatic N) is 4. The van der Waals surface area contributed by atoms with E-state index in [1.807, 2.05) is 82.6 Å². The molecule has 11 rings (SSSR count). The van der Waals surface area contributed by atoms with E-state index in [9.17, 15) is 30.6 Å². The van der Waals surface area contributed by atoms with Crippen LogP contribution in [0.4, 0.5) is 0 Å². The molecule has 9 heteroatoms. The molecule has 0 saturated heterocycles. The van der Waals surface area contributed by atoms with Gasteiger partial charge in [-0.2, -0.15) is 21.0 Å². The number of allylic oxidation sites excluding steroid dienone is 10. The van der Waals surface area contributed by atoms with Gasteiger partial charge in [-0.15, -0.1) is 34.0 Å². The standard InChI is InChI=1S/C50H32N4O2S3/c51-23-27(24-52)39-31-11-3-5-13-33(31)43(55)35(39)19-29-21-37-41(49(29)15-7-1-8-16-49)45-47(57-37)48-46(59-45)42-38(58-48)22-30(50(42)17-9-2-10-18-50)20-36-40(28(25-53)26-54)32-12-4-6-14-34(32)44(36)56/h3-6,11-14,19-22H,1-2,7-10,15-18H2/b35-19-,36-20+. The van der Waals surface area contributed by atoms with Gasteiger partial charge in [-0.05, 0) is 83.4 Å². The number of rotatable bonds is 2. The Morgan fingerprint density at radius 1 is 0.508 bits per heavy atom. The average molecular weight is 817 g/mol. The van der Waals surface area contributed by atoms with Crippen molar-refractivity contribution in [2.75, 3.05) is 0 Å². The Bertz CT molecular complexity index is 2960. The lowest BCUT2D eigenvalue weighted by Gasteiger charge is -2.37. The zero-order chi connectivity index (χ0) is 40.2. The van der Waals surface area contributed by atoms with E-state index < -0.39 is 0 Å². The molecule has 0 aliphatic heterocycles. The minimum Gasteiger partial charge on any atom is -0.289 e. The minimum absolute atomic E-state index is 0.0414. The van der Waals surface area contributed by atoms with E-state index in [0.717, 1.165) is 75.4 Å². The Balaban J connectivity index is 1.07. The van der Waals surface area contributed by atoms with Gasteiger partial charge in [0.15, 0.2) is 11.6 Å². The summed E-state index contributed by atoms with van der Waals surface area (Å²) in [7, 11) is 0. The summed E-state index contributed by atoms with van der Waals surface area (Å²) in [5, 5.41) is 40.1. The zero-order valence-corrected chi connectivity index (χ0v) is 34.3. The van der Waals surface area contributed by atoms with Crippen molar-refractivity contribution in [3.63, 3.8) is 0 Å². The molecule has 59 heavy (non-hydrogen) atoms. The van der Waals surface area contributed by atoms with E-state index in [1.54, 1.807) is 12.1 Å². The van der Waals surface area contributed by atoms with Crippen LogP contribution in [0.15, 0.2) is 94.1 Å². The predicted molar refractivity (Wildman–Crippen MR) is 235 cm³/mol. The molecule has 6 aliphatic rings. The first-order valence-corrected chi connectivity index (χ1v) is 22.6. The van der Waals surface area contributed by atoms with Crippen LogP contribution in [0.5, 0.6) is 0 Å². The number of carbonyl (C=O) groups excluding carboxylic acids is 2.